The molecule has 1 aliphatic rings. The summed E-state index contributed by atoms with van der Waals surface area (Å²) in [6.45, 7) is 2.00. The van der Waals surface area contributed by atoms with Gasteiger partial charge in [-0.15, -0.1) is 11.3 Å². The Kier molecular flexibility index (Phi) is 5.83. The van der Waals surface area contributed by atoms with Gasteiger partial charge in [-0.2, -0.15) is 0 Å². The molecule has 0 bridgehead atoms. The van der Waals surface area contributed by atoms with Crippen LogP contribution in [0.1, 0.15) is 16.1 Å². The van der Waals surface area contributed by atoms with Crippen LogP contribution in [0.15, 0.2) is 53.9 Å². The Balaban J connectivity index is 1.47. The molecule has 0 aliphatic carbocycles. The third-order valence-electron chi connectivity index (χ3n) is 5.48. The molecular formula is C23H23F2N3OS. The van der Waals surface area contributed by atoms with E-state index in [9.17, 15) is 13.6 Å². The van der Waals surface area contributed by atoms with E-state index in [2.05, 4.69) is 29.2 Å². The zero-order valence-electron chi connectivity index (χ0n) is 16.9. The number of anilines is 2. The quantitative estimate of drug-likeness (QED) is 0.616. The molecule has 0 saturated carbocycles. The van der Waals surface area contributed by atoms with Gasteiger partial charge in [0.1, 0.15) is 16.5 Å². The third kappa shape index (κ3) is 4.22. The summed E-state index contributed by atoms with van der Waals surface area (Å²) < 4.78 is 27.4. The molecule has 1 aromatic heterocycles. The number of nitrogens with one attached hydrogen (secondary N) is 1. The van der Waals surface area contributed by atoms with E-state index in [0.29, 0.717) is 22.2 Å². The van der Waals surface area contributed by atoms with Gasteiger partial charge in [0.2, 0.25) is 0 Å². The molecule has 3 aromatic rings. The van der Waals surface area contributed by atoms with Crippen LogP contribution in [0.5, 0.6) is 0 Å². The summed E-state index contributed by atoms with van der Waals surface area (Å²) in [5.74, 6) is -1.65. The number of nitrogens with zero attached hydrogens (tertiary/aromatic N) is 2. The maximum absolute atomic E-state index is 14.2. The van der Waals surface area contributed by atoms with Crippen LogP contribution in [0.2, 0.25) is 0 Å². The van der Waals surface area contributed by atoms with Gasteiger partial charge in [-0.1, -0.05) is 0 Å². The standard InChI is InChI=1S/C23H23F2N3OS/c1-27(2)18-9-11-28(14-18)17-6-4-16(5-7-17)26-23(29)22-20(10-12-30-22)19-8-3-15(24)13-21(19)25/h3-8,10,12-13,18H,9,11,14H2,1-2H3,(H,26,29). The third-order valence-corrected chi connectivity index (χ3v) is 6.39. The summed E-state index contributed by atoms with van der Waals surface area (Å²) >= 11 is 1.23. The summed E-state index contributed by atoms with van der Waals surface area (Å²) in [5.41, 5.74) is 2.47. The topological polar surface area (TPSA) is 35.6 Å². The first-order chi connectivity index (χ1) is 14.4. The van der Waals surface area contributed by atoms with Gasteiger partial charge in [0.05, 0.1) is 0 Å². The van der Waals surface area contributed by atoms with Gasteiger partial charge in [0.15, 0.2) is 0 Å². The maximum Gasteiger partial charge on any atom is 0.266 e. The molecule has 1 fully saturated rings. The highest BCUT2D eigenvalue weighted by atomic mass is 32.1. The maximum atomic E-state index is 14.2. The molecule has 1 aliphatic heterocycles. The average Bonchev–Trinajstić information content (AvgIpc) is 3.39. The highest BCUT2D eigenvalue weighted by Crippen LogP contribution is 2.31. The fraction of sp³-hybridized carbons (Fsp3) is 0.261. The van der Waals surface area contributed by atoms with Crippen molar-refractivity contribution in [2.45, 2.75) is 12.5 Å². The molecule has 0 radical (unpaired) electrons. The van der Waals surface area contributed by atoms with Crippen LogP contribution in [-0.4, -0.2) is 44.0 Å². The molecule has 1 saturated heterocycles. The molecule has 1 N–H and O–H groups in total. The molecule has 156 valence electrons. The summed E-state index contributed by atoms with van der Waals surface area (Å²) in [4.78, 5) is 17.8. The highest BCUT2D eigenvalue weighted by Gasteiger charge is 2.24. The van der Waals surface area contributed by atoms with Crippen molar-refractivity contribution in [1.29, 1.82) is 0 Å². The van der Waals surface area contributed by atoms with Crippen LogP contribution in [0.4, 0.5) is 20.2 Å². The van der Waals surface area contributed by atoms with Crippen LogP contribution in [-0.2, 0) is 0 Å². The van der Waals surface area contributed by atoms with Crippen LogP contribution >= 0.6 is 11.3 Å². The SMILES string of the molecule is CN(C)C1CCN(c2ccc(NC(=O)c3sccc3-c3ccc(F)cc3F)cc2)C1. The summed E-state index contributed by atoms with van der Waals surface area (Å²) in [6.07, 6.45) is 1.13. The number of carbonyl (C=O) groups is 1. The lowest BCUT2D eigenvalue weighted by molar-refractivity contribution is 0.103. The minimum atomic E-state index is -0.687. The first-order valence-electron chi connectivity index (χ1n) is 9.78. The number of thiophene rings is 1. The van der Waals surface area contributed by atoms with Crippen molar-refractivity contribution in [3.63, 3.8) is 0 Å². The van der Waals surface area contributed by atoms with Gasteiger partial charge < -0.3 is 15.1 Å². The summed E-state index contributed by atoms with van der Waals surface area (Å²) in [5, 5.41) is 4.61. The predicted molar refractivity (Wildman–Crippen MR) is 118 cm³/mol. The number of halogens is 2. The van der Waals surface area contributed by atoms with Gasteiger partial charge in [-0.05, 0) is 68.4 Å². The minimum Gasteiger partial charge on any atom is -0.370 e. The molecule has 2 heterocycles. The molecule has 7 heteroatoms. The average molecular weight is 428 g/mol. The molecule has 2 aromatic carbocycles. The van der Waals surface area contributed by atoms with Crippen molar-refractivity contribution in [3.05, 3.63) is 70.4 Å². The number of amides is 1. The number of hydrogen-bond acceptors (Lipinski definition) is 4. The second-order valence-electron chi connectivity index (χ2n) is 7.64. The van der Waals surface area contributed by atoms with E-state index in [1.165, 1.54) is 23.5 Å². The molecule has 1 atom stereocenters. The summed E-state index contributed by atoms with van der Waals surface area (Å²) in [6, 6.07) is 13.4. The Bertz CT molecular complexity index is 1050. The van der Waals surface area contributed by atoms with Crippen molar-refractivity contribution in [1.82, 2.24) is 4.90 Å². The Morgan fingerprint density at radius 2 is 1.87 bits per heavy atom. The molecule has 4 nitrogen and oxygen atoms in total. The lowest BCUT2D eigenvalue weighted by Gasteiger charge is -2.22. The number of hydrogen-bond donors (Lipinski definition) is 1. The lowest BCUT2D eigenvalue weighted by atomic mass is 10.1. The minimum absolute atomic E-state index is 0.211. The van der Waals surface area contributed by atoms with Gasteiger partial charge in [-0.25, -0.2) is 8.78 Å². The van der Waals surface area contributed by atoms with Crippen LogP contribution in [0, 0.1) is 11.6 Å². The van der Waals surface area contributed by atoms with Crippen molar-refractivity contribution < 1.29 is 13.6 Å². The van der Waals surface area contributed by atoms with E-state index in [-0.39, 0.29) is 11.5 Å². The number of carbonyl (C=O) groups excluding carboxylic acids is 1. The second-order valence-corrected chi connectivity index (χ2v) is 8.56. The van der Waals surface area contributed by atoms with E-state index in [0.717, 1.165) is 31.3 Å². The number of rotatable bonds is 5. The predicted octanol–water partition coefficient (Wildman–Crippen LogP) is 5.09. The second kappa shape index (κ2) is 8.53. The first-order valence-corrected chi connectivity index (χ1v) is 10.7. The van der Waals surface area contributed by atoms with E-state index in [1.54, 1.807) is 11.4 Å². The molecule has 0 spiro atoms. The fourth-order valence-electron chi connectivity index (χ4n) is 3.75. The van der Waals surface area contributed by atoms with Crippen LogP contribution in [0.25, 0.3) is 11.1 Å². The molecule has 1 amide bonds. The number of benzene rings is 2. The zero-order valence-corrected chi connectivity index (χ0v) is 17.7. The van der Waals surface area contributed by atoms with Crippen molar-refractivity contribution in [2.75, 3.05) is 37.4 Å². The van der Waals surface area contributed by atoms with Gasteiger partial charge >= 0.3 is 0 Å². The van der Waals surface area contributed by atoms with Gasteiger partial charge in [0.25, 0.3) is 5.91 Å². The van der Waals surface area contributed by atoms with Gasteiger partial charge in [0, 0.05) is 47.7 Å². The van der Waals surface area contributed by atoms with E-state index < -0.39 is 11.6 Å². The smallest absolute Gasteiger partial charge is 0.266 e. The first kappa shape index (κ1) is 20.5. The molecule has 1 unspecified atom stereocenters. The molecule has 4 rings (SSSR count). The Hall–Kier alpha value is -2.77. The molecule has 30 heavy (non-hydrogen) atoms. The Labute approximate surface area is 178 Å². The largest absolute Gasteiger partial charge is 0.370 e. The highest BCUT2D eigenvalue weighted by molar-refractivity contribution is 7.12. The van der Waals surface area contributed by atoms with Crippen LogP contribution in [0.3, 0.4) is 0 Å². The van der Waals surface area contributed by atoms with Crippen molar-refractivity contribution in [2.24, 2.45) is 0 Å². The van der Waals surface area contributed by atoms with Crippen LogP contribution < -0.4 is 10.2 Å². The van der Waals surface area contributed by atoms with E-state index >= 15 is 0 Å². The van der Waals surface area contributed by atoms with E-state index in [4.69, 9.17) is 0 Å². The lowest BCUT2D eigenvalue weighted by Crippen LogP contribution is -2.31. The number of likely N-dealkylation sites (N-methyl/N-ethyl adjacent to an activating group) is 1. The molecular weight excluding hydrogens is 404 g/mol. The zero-order chi connectivity index (χ0) is 21.3. The normalized spacial score (nSPS) is 16.3. The van der Waals surface area contributed by atoms with Crippen molar-refractivity contribution >= 4 is 28.6 Å². The monoisotopic (exact) mass is 427 g/mol. The summed E-state index contributed by atoms with van der Waals surface area (Å²) in [7, 11) is 4.20. The van der Waals surface area contributed by atoms with Crippen molar-refractivity contribution in [3.8, 4) is 11.1 Å². The van der Waals surface area contributed by atoms with Gasteiger partial charge in [-0.3, -0.25) is 4.79 Å². The Morgan fingerprint density at radius 1 is 1.10 bits per heavy atom. The fourth-order valence-corrected chi connectivity index (χ4v) is 4.55. The van der Waals surface area contributed by atoms with E-state index in [1.807, 2.05) is 24.3 Å². The Morgan fingerprint density at radius 3 is 2.53 bits per heavy atom.